The van der Waals surface area contributed by atoms with E-state index in [-0.39, 0.29) is 30.4 Å². The SMILES string of the molecule is CCOc1cc(CNC)cc2[nH]c(=O)c3c(c12)NCCC3.Cl.Cl. The van der Waals surface area contributed by atoms with E-state index in [1.165, 1.54) is 0 Å². The predicted molar refractivity (Wildman–Crippen MR) is 99.8 cm³/mol. The first-order chi connectivity index (χ1) is 10.2. The number of nitrogens with one attached hydrogen (secondary N) is 3. The lowest BCUT2D eigenvalue weighted by Gasteiger charge is -2.21. The number of anilines is 1. The molecule has 1 aliphatic rings. The van der Waals surface area contributed by atoms with Crippen molar-refractivity contribution in [1.29, 1.82) is 0 Å². The topological polar surface area (TPSA) is 66.1 Å². The van der Waals surface area contributed by atoms with Crippen molar-refractivity contribution in [3.05, 3.63) is 33.6 Å². The summed E-state index contributed by atoms with van der Waals surface area (Å²) in [7, 11) is 1.90. The number of pyridine rings is 1. The second-order valence-corrected chi connectivity index (χ2v) is 5.32. The Labute approximate surface area is 148 Å². The summed E-state index contributed by atoms with van der Waals surface area (Å²) in [5, 5.41) is 7.50. The molecule has 0 spiro atoms. The number of fused-ring (bicyclic) bond motifs is 3. The highest BCUT2D eigenvalue weighted by Crippen LogP contribution is 2.35. The van der Waals surface area contributed by atoms with Gasteiger partial charge in [0.15, 0.2) is 0 Å². The number of H-pyrrole nitrogens is 1. The van der Waals surface area contributed by atoms with Gasteiger partial charge >= 0.3 is 0 Å². The van der Waals surface area contributed by atoms with Crippen molar-refractivity contribution in [1.82, 2.24) is 10.3 Å². The highest BCUT2D eigenvalue weighted by Gasteiger charge is 2.19. The standard InChI is InChI=1S/C16H21N3O2.2ClH/c1-3-21-13-8-10(9-17-2)7-12-14(13)15-11(16(20)19-12)5-4-6-18-15;;/h7-8,17-18H,3-6,9H2,1-2H3,(H,19,20);2*1H. The van der Waals surface area contributed by atoms with E-state index in [0.29, 0.717) is 6.61 Å². The molecule has 0 saturated heterocycles. The van der Waals surface area contributed by atoms with Crippen LogP contribution >= 0.6 is 24.8 Å². The van der Waals surface area contributed by atoms with Crippen LogP contribution < -0.4 is 20.9 Å². The normalized spacial score (nSPS) is 12.6. The molecule has 2 heterocycles. The van der Waals surface area contributed by atoms with Crippen LogP contribution in [0, 0.1) is 0 Å². The Balaban J connectivity index is 0.00000132. The van der Waals surface area contributed by atoms with Gasteiger partial charge in [-0.1, -0.05) is 0 Å². The Hall–Kier alpha value is -1.43. The molecule has 3 N–H and O–H groups in total. The molecule has 0 unspecified atom stereocenters. The number of benzene rings is 1. The third kappa shape index (κ3) is 3.74. The van der Waals surface area contributed by atoms with Gasteiger partial charge in [0.05, 0.1) is 23.2 Å². The molecule has 1 aromatic carbocycles. The van der Waals surface area contributed by atoms with Crippen LogP contribution in [0.1, 0.15) is 24.5 Å². The van der Waals surface area contributed by atoms with Gasteiger partial charge in [0, 0.05) is 18.7 Å². The number of aromatic nitrogens is 1. The summed E-state index contributed by atoms with van der Waals surface area (Å²) in [6.07, 6.45) is 1.81. The zero-order chi connectivity index (χ0) is 14.8. The summed E-state index contributed by atoms with van der Waals surface area (Å²) < 4.78 is 5.82. The van der Waals surface area contributed by atoms with E-state index in [4.69, 9.17) is 4.74 Å². The van der Waals surface area contributed by atoms with Gasteiger partial charge in [0.2, 0.25) is 0 Å². The first kappa shape index (κ1) is 19.6. The van der Waals surface area contributed by atoms with Crippen molar-refractivity contribution in [2.24, 2.45) is 0 Å². The van der Waals surface area contributed by atoms with Crippen LogP contribution in [0.15, 0.2) is 16.9 Å². The van der Waals surface area contributed by atoms with E-state index < -0.39 is 0 Å². The minimum atomic E-state index is 0. The second kappa shape index (κ2) is 8.43. The molecule has 0 aliphatic carbocycles. The molecule has 0 fully saturated rings. The van der Waals surface area contributed by atoms with Crippen molar-refractivity contribution in [2.75, 3.05) is 25.5 Å². The van der Waals surface area contributed by atoms with Gasteiger partial charge in [-0.15, -0.1) is 24.8 Å². The highest BCUT2D eigenvalue weighted by atomic mass is 35.5. The van der Waals surface area contributed by atoms with Crippen molar-refractivity contribution < 1.29 is 4.74 Å². The van der Waals surface area contributed by atoms with Gasteiger partial charge in [0.25, 0.3) is 5.56 Å². The Morgan fingerprint density at radius 2 is 2.09 bits per heavy atom. The van der Waals surface area contributed by atoms with E-state index in [1.807, 2.05) is 20.0 Å². The quantitative estimate of drug-likeness (QED) is 0.785. The maximum Gasteiger partial charge on any atom is 0.253 e. The minimum Gasteiger partial charge on any atom is -0.493 e. The molecular formula is C16H23Cl2N3O2. The summed E-state index contributed by atoms with van der Waals surface area (Å²) in [6.45, 7) is 4.21. The third-order valence-corrected chi connectivity index (χ3v) is 3.82. The summed E-state index contributed by atoms with van der Waals surface area (Å²) in [4.78, 5) is 15.3. The van der Waals surface area contributed by atoms with Crippen molar-refractivity contribution in [3.63, 3.8) is 0 Å². The lowest BCUT2D eigenvalue weighted by atomic mass is 10.00. The summed E-state index contributed by atoms with van der Waals surface area (Å²) in [5.74, 6) is 0.835. The van der Waals surface area contributed by atoms with Crippen molar-refractivity contribution in [2.45, 2.75) is 26.3 Å². The fourth-order valence-electron chi connectivity index (χ4n) is 2.98. The zero-order valence-corrected chi connectivity index (χ0v) is 15.0. The molecule has 0 saturated carbocycles. The first-order valence-corrected chi connectivity index (χ1v) is 7.47. The fraction of sp³-hybridized carbons (Fsp3) is 0.438. The van der Waals surface area contributed by atoms with E-state index in [2.05, 4.69) is 21.7 Å². The van der Waals surface area contributed by atoms with Gasteiger partial charge in [0.1, 0.15) is 5.75 Å². The largest absolute Gasteiger partial charge is 0.493 e. The number of halogens is 2. The number of hydrogen-bond acceptors (Lipinski definition) is 4. The Bertz CT molecular complexity index is 731. The van der Waals surface area contributed by atoms with Crippen LogP contribution in [-0.2, 0) is 13.0 Å². The lowest BCUT2D eigenvalue weighted by molar-refractivity contribution is 0.344. The summed E-state index contributed by atoms with van der Waals surface area (Å²) in [5.41, 5.74) is 3.73. The second-order valence-electron chi connectivity index (χ2n) is 5.32. The van der Waals surface area contributed by atoms with Crippen molar-refractivity contribution >= 4 is 41.4 Å². The Morgan fingerprint density at radius 3 is 2.78 bits per heavy atom. The van der Waals surface area contributed by atoms with E-state index in [0.717, 1.165) is 59.4 Å². The van der Waals surface area contributed by atoms with Crippen LogP contribution in [0.5, 0.6) is 5.75 Å². The van der Waals surface area contributed by atoms with Crippen LogP contribution in [0.4, 0.5) is 5.69 Å². The average molecular weight is 360 g/mol. The molecular weight excluding hydrogens is 337 g/mol. The molecule has 5 nitrogen and oxygen atoms in total. The smallest absolute Gasteiger partial charge is 0.253 e. The number of hydrogen-bond donors (Lipinski definition) is 3. The maximum atomic E-state index is 12.3. The van der Waals surface area contributed by atoms with E-state index in [9.17, 15) is 4.79 Å². The first-order valence-electron chi connectivity index (χ1n) is 7.47. The maximum absolute atomic E-state index is 12.3. The molecule has 2 aromatic rings. The molecule has 0 radical (unpaired) electrons. The molecule has 0 amide bonds. The van der Waals surface area contributed by atoms with Gasteiger partial charge in [-0.25, -0.2) is 0 Å². The molecule has 7 heteroatoms. The molecule has 1 aromatic heterocycles. The lowest BCUT2D eigenvalue weighted by Crippen LogP contribution is -2.22. The fourth-order valence-corrected chi connectivity index (χ4v) is 2.98. The van der Waals surface area contributed by atoms with Crippen molar-refractivity contribution in [3.8, 4) is 5.75 Å². The highest BCUT2D eigenvalue weighted by molar-refractivity contribution is 5.98. The number of aromatic amines is 1. The number of ether oxygens (including phenoxy) is 1. The van der Waals surface area contributed by atoms with Gasteiger partial charge in [-0.2, -0.15) is 0 Å². The summed E-state index contributed by atoms with van der Waals surface area (Å²) >= 11 is 0. The zero-order valence-electron chi connectivity index (χ0n) is 13.3. The third-order valence-electron chi connectivity index (χ3n) is 3.82. The molecule has 128 valence electrons. The molecule has 23 heavy (non-hydrogen) atoms. The van der Waals surface area contributed by atoms with E-state index in [1.54, 1.807) is 0 Å². The van der Waals surface area contributed by atoms with Gasteiger partial charge < -0.3 is 20.4 Å². The van der Waals surface area contributed by atoms with Crippen LogP contribution in [0.25, 0.3) is 10.9 Å². The van der Waals surface area contributed by atoms with E-state index >= 15 is 0 Å². The molecule has 3 rings (SSSR count). The molecule has 0 atom stereocenters. The predicted octanol–water partition coefficient (Wildman–Crippen LogP) is 2.85. The Morgan fingerprint density at radius 1 is 1.30 bits per heavy atom. The summed E-state index contributed by atoms with van der Waals surface area (Å²) in [6, 6.07) is 4.07. The minimum absolute atomic E-state index is 0. The Kier molecular flexibility index (Phi) is 7.19. The number of rotatable bonds is 4. The molecule has 0 bridgehead atoms. The van der Waals surface area contributed by atoms with Gasteiger partial charge in [-0.05, 0) is 44.5 Å². The van der Waals surface area contributed by atoms with Gasteiger partial charge in [-0.3, -0.25) is 4.79 Å². The van der Waals surface area contributed by atoms with Crippen LogP contribution in [0.3, 0.4) is 0 Å². The van der Waals surface area contributed by atoms with Crippen LogP contribution in [-0.4, -0.2) is 25.2 Å². The average Bonchev–Trinajstić information content (AvgIpc) is 2.48. The van der Waals surface area contributed by atoms with Crippen LogP contribution in [0.2, 0.25) is 0 Å². The molecule has 1 aliphatic heterocycles. The monoisotopic (exact) mass is 359 g/mol.